The van der Waals surface area contributed by atoms with Gasteiger partial charge in [-0.2, -0.15) is 4.31 Å². The highest BCUT2D eigenvalue weighted by Crippen LogP contribution is 2.27. The number of sulfonamides is 1. The van der Waals surface area contributed by atoms with Crippen molar-refractivity contribution in [1.29, 1.82) is 0 Å². The van der Waals surface area contributed by atoms with E-state index in [0.717, 1.165) is 16.7 Å². The van der Waals surface area contributed by atoms with E-state index in [1.165, 1.54) is 10.4 Å². The predicted octanol–water partition coefficient (Wildman–Crippen LogP) is 3.58. The van der Waals surface area contributed by atoms with Crippen LogP contribution < -0.4 is 5.32 Å². The third-order valence-corrected chi connectivity index (χ3v) is 7.92. The molecule has 0 aliphatic carbocycles. The molecule has 0 saturated carbocycles. The molecule has 1 amide bonds. The molecule has 1 fully saturated rings. The number of amides is 1. The van der Waals surface area contributed by atoms with Crippen LogP contribution in [0, 0.1) is 13.8 Å². The van der Waals surface area contributed by atoms with E-state index in [0.29, 0.717) is 36.3 Å². The SMILES string of the molecule is Cc1ccc(C)c(C(C)NC(=O)c2ccc(Br)c(S(=O)(=O)N3CCOCC3)c2)c1. The van der Waals surface area contributed by atoms with Gasteiger partial charge < -0.3 is 10.1 Å². The maximum atomic E-state index is 13.0. The van der Waals surface area contributed by atoms with Crippen LogP contribution in [-0.4, -0.2) is 44.9 Å². The Hall–Kier alpha value is -1.74. The molecule has 1 aliphatic rings. The third kappa shape index (κ3) is 4.88. The van der Waals surface area contributed by atoms with Crippen LogP contribution >= 0.6 is 15.9 Å². The van der Waals surface area contributed by atoms with Crippen LogP contribution in [-0.2, 0) is 14.8 Å². The molecule has 1 aliphatic heterocycles. The number of nitrogens with zero attached hydrogens (tertiary/aromatic N) is 1. The molecule has 0 bridgehead atoms. The number of nitrogens with one attached hydrogen (secondary N) is 1. The average Bonchev–Trinajstić information content (AvgIpc) is 2.70. The van der Waals surface area contributed by atoms with E-state index in [4.69, 9.17) is 4.74 Å². The Kier molecular flexibility index (Phi) is 6.78. The molecule has 0 aromatic heterocycles. The van der Waals surface area contributed by atoms with Crippen LogP contribution in [0.1, 0.15) is 40.0 Å². The minimum absolute atomic E-state index is 0.0893. The fourth-order valence-electron chi connectivity index (χ4n) is 3.35. The molecular weight excluding hydrogens is 456 g/mol. The van der Waals surface area contributed by atoms with Crippen LogP contribution in [0.3, 0.4) is 0 Å². The first-order chi connectivity index (χ1) is 13.7. The van der Waals surface area contributed by atoms with Crippen molar-refractivity contribution >= 4 is 31.9 Å². The van der Waals surface area contributed by atoms with Crippen molar-refractivity contribution in [3.8, 4) is 0 Å². The van der Waals surface area contributed by atoms with Crippen molar-refractivity contribution in [2.24, 2.45) is 0 Å². The summed E-state index contributed by atoms with van der Waals surface area (Å²) in [6, 6.07) is 10.6. The largest absolute Gasteiger partial charge is 0.379 e. The molecule has 8 heteroatoms. The number of benzene rings is 2. The second-order valence-corrected chi connectivity index (χ2v) is 9.98. The summed E-state index contributed by atoms with van der Waals surface area (Å²) in [6.07, 6.45) is 0. The Morgan fingerprint density at radius 3 is 2.52 bits per heavy atom. The fourth-order valence-corrected chi connectivity index (χ4v) is 5.71. The van der Waals surface area contributed by atoms with Crippen molar-refractivity contribution in [2.75, 3.05) is 26.3 Å². The highest BCUT2D eigenvalue weighted by atomic mass is 79.9. The van der Waals surface area contributed by atoms with Crippen LogP contribution in [0.4, 0.5) is 0 Å². The van der Waals surface area contributed by atoms with E-state index in [9.17, 15) is 13.2 Å². The van der Waals surface area contributed by atoms with E-state index >= 15 is 0 Å². The maximum Gasteiger partial charge on any atom is 0.251 e. The van der Waals surface area contributed by atoms with Crippen molar-refractivity contribution in [3.05, 3.63) is 63.1 Å². The van der Waals surface area contributed by atoms with E-state index in [1.807, 2.05) is 32.9 Å². The number of aryl methyl sites for hydroxylation is 2. The topological polar surface area (TPSA) is 75.7 Å². The van der Waals surface area contributed by atoms with E-state index in [-0.39, 0.29) is 16.8 Å². The summed E-state index contributed by atoms with van der Waals surface area (Å²) in [5, 5.41) is 2.98. The van der Waals surface area contributed by atoms with Gasteiger partial charge in [-0.25, -0.2) is 8.42 Å². The number of morpholine rings is 1. The molecule has 1 atom stereocenters. The van der Waals surface area contributed by atoms with Crippen molar-refractivity contribution < 1.29 is 17.9 Å². The van der Waals surface area contributed by atoms with Gasteiger partial charge in [0.2, 0.25) is 10.0 Å². The van der Waals surface area contributed by atoms with Gasteiger partial charge in [-0.05, 0) is 66.0 Å². The minimum atomic E-state index is -3.72. The molecule has 1 unspecified atom stereocenters. The molecule has 1 saturated heterocycles. The molecule has 2 aromatic carbocycles. The molecule has 156 valence electrons. The highest BCUT2D eigenvalue weighted by Gasteiger charge is 2.29. The fraction of sp³-hybridized carbons (Fsp3) is 0.381. The molecule has 6 nitrogen and oxygen atoms in total. The Morgan fingerprint density at radius 1 is 1.14 bits per heavy atom. The Balaban J connectivity index is 1.85. The quantitative estimate of drug-likeness (QED) is 0.709. The molecular formula is C21H25BrN2O4S. The lowest BCUT2D eigenvalue weighted by molar-refractivity contribution is 0.0730. The number of ether oxygens (including phenoxy) is 1. The van der Waals surface area contributed by atoms with Gasteiger partial charge in [-0.15, -0.1) is 0 Å². The van der Waals surface area contributed by atoms with Gasteiger partial charge in [0, 0.05) is 23.1 Å². The first-order valence-electron chi connectivity index (χ1n) is 9.45. The molecule has 0 radical (unpaired) electrons. The van der Waals surface area contributed by atoms with Crippen molar-refractivity contribution in [3.63, 3.8) is 0 Å². The summed E-state index contributed by atoms with van der Waals surface area (Å²) in [7, 11) is -3.72. The normalized spacial score (nSPS) is 16.4. The van der Waals surface area contributed by atoms with E-state index < -0.39 is 10.0 Å². The van der Waals surface area contributed by atoms with Crippen molar-refractivity contribution in [2.45, 2.75) is 31.7 Å². The number of carbonyl (C=O) groups is 1. The standard InChI is InChI=1S/C21H25BrN2O4S/c1-14-4-5-15(2)18(12-14)16(3)23-21(25)17-6-7-19(22)20(13-17)29(26,27)24-8-10-28-11-9-24/h4-7,12-13,16H,8-11H2,1-3H3,(H,23,25). The summed E-state index contributed by atoms with van der Waals surface area (Å²) in [5.41, 5.74) is 3.55. The number of carbonyl (C=O) groups excluding carboxylic acids is 1. The van der Waals surface area contributed by atoms with Crippen LogP contribution in [0.15, 0.2) is 45.8 Å². The van der Waals surface area contributed by atoms with E-state index in [2.05, 4.69) is 27.3 Å². The second-order valence-electron chi connectivity index (χ2n) is 7.22. The summed E-state index contributed by atoms with van der Waals surface area (Å²) >= 11 is 3.32. The lowest BCUT2D eigenvalue weighted by Gasteiger charge is -2.26. The Morgan fingerprint density at radius 2 is 1.83 bits per heavy atom. The number of hydrogen-bond donors (Lipinski definition) is 1. The predicted molar refractivity (Wildman–Crippen MR) is 116 cm³/mol. The van der Waals surface area contributed by atoms with Gasteiger partial charge in [-0.1, -0.05) is 23.8 Å². The molecule has 2 aromatic rings. The van der Waals surface area contributed by atoms with Crippen molar-refractivity contribution in [1.82, 2.24) is 9.62 Å². The van der Waals surface area contributed by atoms with Gasteiger partial charge >= 0.3 is 0 Å². The summed E-state index contributed by atoms with van der Waals surface area (Å²) < 4.78 is 33.1. The zero-order chi connectivity index (χ0) is 21.2. The third-order valence-electron chi connectivity index (χ3n) is 5.03. The molecule has 0 spiro atoms. The molecule has 29 heavy (non-hydrogen) atoms. The van der Waals surface area contributed by atoms with Crippen LogP contribution in [0.25, 0.3) is 0 Å². The van der Waals surface area contributed by atoms with Gasteiger partial charge in [0.15, 0.2) is 0 Å². The maximum absolute atomic E-state index is 13.0. The summed E-state index contributed by atoms with van der Waals surface area (Å²) in [4.78, 5) is 12.9. The Bertz CT molecular complexity index is 1020. The zero-order valence-electron chi connectivity index (χ0n) is 16.7. The van der Waals surface area contributed by atoms with Crippen LogP contribution in [0.2, 0.25) is 0 Å². The number of rotatable bonds is 5. The minimum Gasteiger partial charge on any atom is -0.379 e. The average molecular weight is 481 g/mol. The first-order valence-corrected chi connectivity index (χ1v) is 11.7. The van der Waals surface area contributed by atoms with Crippen LogP contribution in [0.5, 0.6) is 0 Å². The lowest BCUT2D eigenvalue weighted by atomic mass is 10.00. The highest BCUT2D eigenvalue weighted by molar-refractivity contribution is 9.10. The second kappa shape index (κ2) is 8.95. The van der Waals surface area contributed by atoms with Gasteiger partial charge in [0.1, 0.15) is 0 Å². The monoisotopic (exact) mass is 480 g/mol. The lowest BCUT2D eigenvalue weighted by Crippen LogP contribution is -2.40. The molecule has 3 rings (SSSR count). The molecule has 1 heterocycles. The van der Waals surface area contributed by atoms with Gasteiger partial charge in [-0.3, -0.25) is 4.79 Å². The first kappa shape index (κ1) is 22.0. The number of halogens is 1. The summed E-state index contributed by atoms with van der Waals surface area (Å²) in [5.74, 6) is -0.315. The molecule has 1 N–H and O–H groups in total. The van der Waals surface area contributed by atoms with Gasteiger partial charge in [0.05, 0.1) is 24.2 Å². The number of hydrogen-bond acceptors (Lipinski definition) is 4. The smallest absolute Gasteiger partial charge is 0.251 e. The van der Waals surface area contributed by atoms with E-state index in [1.54, 1.807) is 12.1 Å². The Labute approximate surface area is 180 Å². The zero-order valence-corrected chi connectivity index (χ0v) is 19.1. The summed E-state index contributed by atoms with van der Waals surface area (Å²) in [6.45, 7) is 7.27. The van der Waals surface area contributed by atoms with Gasteiger partial charge in [0.25, 0.3) is 5.91 Å².